The lowest BCUT2D eigenvalue weighted by Crippen LogP contribution is -2.25. The molecule has 9 aromatic carbocycles. The molecule has 0 N–H and O–H groups in total. The van der Waals surface area contributed by atoms with Crippen molar-refractivity contribution >= 4 is 65.4 Å². The Hall–Kier alpha value is -7.82. The van der Waals surface area contributed by atoms with Gasteiger partial charge in [-0.15, -0.1) is 0 Å². The van der Waals surface area contributed by atoms with E-state index in [0.717, 1.165) is 38.8 Å². The summed E-state index contributed by atoms with van der Waals surface area (Å²) in [5, 5.41) is 8.11. The number of fused-ring (bicyclic) bond motifs is 19. The third kappa shape index (κ3) is 3.88. The van der Waals surface area contributed by atoms with E-state index in [9.17, 15) is 0 Å². The lowest BCUT2D eigenvalue weighted by Gasteiger charge is -2.30. The lowest BCUT2D eigenvalue weighted by molar-refractivity contribution is 0.666. The first-order chi connectivity index (χ1) is 29.3. The number of benzene rings is 9. The summed E-state index contributed by atoms with van der Waals surface area (Å²) in [5.41, 5.74) is 15.9. The van der Waals surface area contributed by atoms with Gasteiger partial charge < -0.3 is 4.42 Å². The van der Waals surface area contributed by atoms with Crippen LogP contribution >= 0.6 is 0 Å². The minimum atomic E-state index is -0.479. The van der Waals surface area contributed by atoms with Crippen LogP contribution in [0, 0.1) is 0 Å². The van der Waals surface area contributed by atoms with E-state index in [-0.39, 0.29) is 0 Å². The highest BCUT2D eigenvalue weighted by atomic mass is 16.3. The molecule has 0 radical (unpaired) electrons. The fraction of sp³-hybridized carbons (Fsp3) is 0.0182. The zero-order valence-corrected chi connectivity index (χ0v) is 31.6. The third-order valence-corrected chi connectivity index (χ3v) is 13.2. The van der Waals surface area contributed by atoms with Crippen LogP contribution in [-0.2, 0) is 5.41 Å². The molecule has 4 heteroatoms. The molecular weight excluding hydrogens is 719 g/mol. The Labute approximate surface area is 338 Å². The molecule has 3 aromatic heterocycles. The number of para-hydroxylation sites is 1. The SMILES string of the molecule is c1ccc2c(c1)-c1ccccc1C21c2ccccc2-c2c(-c3nc(-n4c5cc6ccccc6cc5c5c6ccccc6ccc54)nc4c3oc3ccccc34)cccc21. The minimum Gasteiger partial charge on any atom is -0.452 e. The van der Waals surface area contributed by atoms with Gasteiger partial charge in [0, 0.05) is 21.7 Å². The fourth-order valence-electron chi connectivity index (χ4n) is 10.9. The normalized spacial score (nSPS) is 13.6. The highest BCUT2D eigenvalue weighted by Crippen LogP contribution is 2.64. The predicted molar refractivity (Wildman–Crippen MR) is 240 cm³/mol. The minimum absolute atomic E-state index is 0.479. The quantitative estimate of drug-likeness (QED) is 0.177. The second-order valence-electron chi connectivity index (χ2n) is 16.0. The van der Waals surface area contributed by atoms with Crippen molar-refractivity contribution in [3.8, 4) is 39.5 Å². The molecule has 0 bridgehead atoms. The van der Waals surface area contributed by atoms with Gasteiger partial charge in [0.15, 0.2) is 5.58 Å². The van der Waals surface area contributed by atoms with Gasteiger partial charge in [-0.1, -0.05) is 158 Å². The average Bonchev–Trinajstić information content (AvgIpc) is 4.02. The van der Waals surface area contributed by atoms with Crippen LogP contribution in [0.5, 0.6) is 0 Å². The molecule has 2 aliphatic rings. The second kappa shape index (κ2) is 11.2. The third-order valence-electron chi connectivity index (χ3n) is 13.2. The summed E-state index contributed by atoms with van der Waals surface area (Å²) >= 11 is 0. The molecule has 272 valence electrons. The summed E-state index contributed by atoms with van der Waals surface area (Å²) in [5.74, 6) is 0.611. The standard InChI is InChI=1S/C55H31N3O/c1-2-16-34-31-47-41(30-33(34)15-1)50-35-17-4-3-14-32(35)28-29-46(50)58(47)54-56-51-39-21-8-12-27-48(39)59-53(51)52(57-54)40-22-13-26-45-49(40)38-20-7-11-25-44(38)55(45)42-23-9-5-18-36(42)37-19-6-10-24-43(37)55/h1-31H. The Kier molecular flexibility index (Phi) is 5.93. The Morgan fingerprint density at radius 1 is 0.424 bits per heavy atom. The van der Waals surface area contributed by atoms with Crippen LogP contribution in [-0.4, -0.2) is 14.5 Å². The Morgan fingerprint density at radius 2 is 1.02 bits per heavy atom. The summed E-state index contributed by atoms with van der Waals surface area (Å²) in [6.07, 6.45) is 0. The first-order valence-electron chi connectivity index (χ1n) is 20.2. The summed E-state index contributed by atoms with van der Waals surface area (Å²) in [6, 6.07) is 68.2. The molecule has 0 fully saturated rings. The molecule has 0 atom stereocenters. The van der Waals surface area contributed by atoms with Gasteiger partial charge in [-0.3, -0.25) is 4.57 Å². The highest BCUT2D eigenvalue weighted by Gasteiger charge is 2.52. The van der Waals surface area contributed by atoms with E-state index in [4.69, 9.17) is 14.4 Å². The van der Waals surface area contributed by atoms with E-state index in [1.165, 1.54) is 76.8 Å². The van der Waals surface area contributed by atoms with Gasteiger partial charge in [0.05, 0.1) is 16.4 Å². The molecule has 3 heterocycles. The maximum absolute atomic E-state index is 6.84. The van der Waals surface area contributed by atoms with Crippen LogP contribution < -0.4 is 0 Å². The van der Waals surface area contributed by atoms with Crippen LogP contribution in [0.1, 0.15) is 22.3 Å². The first kappa shape index (κ1) is 31.3. The molecule has 0 amide bonds. The molecule has 0 saturated heterocycles. The van der Waals surface area contributed by atoms with E-state index < -0.39 is 5.41 Å². The molecule has 4 nitrogen and oxygen atoms in total. The zero-order valence-electron chi connectivity index (χ0n) is 31.6. The molecule has 0 unspecified atom stereocenters. The summed E-state index contributed by atoms with van der Waals surface area (Å²) in [7, 11) is 0. The maximum atomic E-state index is 6.84. The number of nitrogens with zero attached hydrogens (tertiary/aromatic N) is 3. The zero-order chi connectivity index (χ0) is 38.4. The molecule has 14 rings (SSSR count). The smallest absolute Gasteiger partial charge is 0.236 e. The van der Waals surface area contributed by atoms with Crippen LogP contribution in [0.3, 0.4) is 0 Å². The van der Waals surface area contributed by atoms with Gasteiger partial charge in [0.1, 0.15) is 16.8 Å². The first-order valence-corrected chi connectivity index (χ1v) is 20.2. The monoisotopic (exact) mass is 749 g/mol. The van der Waals surface area contributed by atoms with Crippen LogP contribution in [0.15, 0.2) is 192 Å². The molecule has 59 heavy (non-hydrogen) atoms. The molecule has 0 aliphatic heterocycles. The van der Waals surface area contributed by atoms with Crippen LogP contribution in [0.25, 0.3) is 105 Å². The van der Waals surface area contributed by atoms with E-state index in [0.29, 0.717) is 11.5 Å². The van der Waals surface area contributed by atoms with Crippen molar-refractivity contribution in [1.29, 1.82) is 0 Å². The van der Waals surface area contributed by atoms with Crippen molar-refractivity contribution in [2.45, 2.75) is 5.41 Å². The second-order valence-corrected chi connectivity index (χ2v) is 16.0. The largest absolute Gasteiger partial charge is 0.452 e. The van der Waals surface area contributed by atoms with Crippen molar-refractivity contribution in [3.05, 3.63) is 210 Å². The van der Waals surface area contributed by atoms with E-state index in [2.05, 4.69) is 180 Å². The van der Waals surface area contributed by atoms with Crippen molar-refractivity contribution in [3.63, 3.8) is 0 Å². The fourth-order valence-corrected chi connectivity index (χ4v) is 10.9. The van der Waals surface area contributed by atoms with Crippen molar-refractivity contribution < 1.29 is 4.42 Å². The predicted octanol–water partition coefficient (Wildman–Crippen LogP) is 13.8. The number of hydrogen-bond acceptors (Lipinski definition) is 3. The molecule has 0 saturated carbocycles. The van der Waals surface area contributed by atoms with Gasteiger partial charge in [-0.05, 0) is 96.4 Å². The van der Waals surface area contributed by atoms with Gasteiger partial charge in [0.25, 0.3) is 0 Å². The Bertz CT molecular complexity index is 3770. The number of rotatable bonds is 2. The van der Waals surface area contributed by atoms with Crippen LogP contribution in [0.2, 0.25) is 0 Å². The maximum Gasteiger partial charge on any atom is 0.236 e. The molecular formula is C55H31N3O. The summed E-state index contributed by atoms with van der Waals surface area (Å²) in [6.45, 7) is 0. The van der Waals surface area contributed by atoms with Gasteiger partial charge in [-0.2, -0.15) is 0 Å². The number of furan rings is 1. The van der Waals surface area contributed by atoms with E-state index in [1.807, 2.05) is 12.1 Å². The Morgan fingerprint density at radius 3 is 1.80 bits per heavy atom. The molecule has 1 spiro atoms. The van der Waals surface area contributed by atoms with E-state index in [1.54, 1.807) is 0 Å². The van der Waals surface area contributed by atoms with Gasteiger partial charge >= 0.3 is 0 Å². The van der Waals surface area contributed by atoms with Gasteiger partial charge in [0.2, 0.25) is 5.95 Å². The lowest BCUT2D eigenvalue weighted by atomic mass is 9.70. The van der Waals surface area contributed by atoms with Crippen LogP contribution in [0.4, 0.5) is 0 Å². The summed E-state index contributed by atoms with van der Waals surface area (Å²) < 4.78 is 9.12. The van der Waals surface area contributed by atoms with Crippen molar-refractivity contribution in [1.82, 2.24) is 14.5 Å². The van der Waals surface area contributed by atoms with Gasteiger partial charge in [-0.25, -0.2) is 9.97 Å². The molecule has 2 aliphatic carbocycles. The van der Waals surface area contributed by atoms with Crippen molar-refractivity contribution in [2.75, 3.05) is 0 Å². The average molecular weight is 750 g/mol. The molecule has 12 aromatic rings. The Balaban J connectivity index is 1.13. The number of hydrogen-bond donors (Lipinski definition) is 0. The number of aromatic nitrogens is 3. The topological polar surface area (TPSA) is 43.9 Å². The summed E-state index contributed by atoms with van der Waals surface area (Å²) in [4.78, 5) is 11.2. The van der Waals surface area contributed by atoms with E-state index >= 15 is 0 Å². The highest BCUT2D eigenvalue weighted by molar-refractivity contribution is 6.23. The van der Waals surface area contributed by atoms with Crippen molar-refractivity contribution in [2.24, 2.45) is 0 Å².